The van der Waals surface area contributed by atoms with Crippen LogP contribution in [0.15, 0.2) is 10.9 Å². The van der Waals surface area contributed by atoms with Crippen LogP contribution in [0, 0.1) is 12.8 Å². The SMILES string of the molecule is COC(=O)C(CC(C)C)n1nc(CC=O)c(C)cc1=O. The van der Waals surface area contributed by atoms with Gasteiger partial charge in [-0.1, -0.05) is 13.8 Å². The second-order valence-corrected chi connectivity index (χ2v) is 5.10. The first kappa shape index (κ1) is 16.1. The highest BCUT2D eigenvalue weighted by molar-refractivity contribution is 5.73. The molecule has 0 radical (unpaired) electrons. The quantitative estimate of drug-likeness (QED) is 0.575. The maximum atomic E-state index is 12.0. The van der Waals surface area contributed by atoms with Gasteiger partial charge in [0.05, 0.1) is 12.8 Å². The summed E-state index contributed by atoms with van der Waals surface area (Å²) in [5, 5.41) is 4.16. The van der Waals surface area contributed by atoms with E-state index in [0.717, 1.165) is 11.0 Å². The first-order valence-corrected chi connectivity index (χ1v) is 6.51. The monoisotopic (exact) mass is 280 g/mol. The lowest BCUT2D eigenvalue weighted by Gasteiger charge is -2.19. The van der Waals surface area contributed by atoms with E-state index in [1.54, 1.807) is 6.92 Å². The number of carbonyl (C=O) groups excluding carboxylic acids is 2. The van der Waals surface area contributed by atoms with Crippen LogP contribution in [-0.4, -0.2) is 29.1 Å². The van der Waals surface area contributed by atoms with Crippen molar-refractivity contribution in [3.63, 3.8) is 0 Å². The number of carbonyl (C=O) groups is 2. The van der Waals surface area contributed by atoms with Crippen molar-refractivity contribution in [3.05, 3.63) is 27.7 Å². The van der Waals surface area contributed by atoms with Crippen molar-refractivity contribution in [1.29, 1.82) is 0 Å². The lowest BCUT2D eigenvalue weighted by atomic mass is 10.0. The van der Waals surface area contributed by atoms with Gasteiger partial charge >= 0.3 is 5.97 Å². The highest BCUT2D eigenvalue weighted by Crippen LogP contribution is 2.17. The molecule has 0 aliphatic carbocycles. The van der Waals surface area contributed by atoms with Crippen LogP contribution < -0.4 is 5.56 Å². The van der Waals surface area contributed by atoms with E-state index in [4.69, 9.17) is 4.74 Å². The molecule has 0 bridgehead atoms. The molecule has 110 valence electrons. The van der Waals surface area contributed by atoms with Crippen molar-refractivity contribution in [3.8, 4) is 0 Å². The summed E-state index contributed by atoms with van der Waals surface area (Å²) in [6, 6.07) is 0.626. The molecule has 1 heterocycles. The molecule has 1 atom stereocenters. The molecule has 1 rings (SSSR count). The van der Waals surface area contributed by atoms with Crippen LogP contribution in [0.3, 0.4) is 0 Å². The fraction of sp³-hybridized carbons (Fsp3) is 0.571. The summed E-state index contributed by atoms with van der Waals surface area (Å²) >= 11 is 0. The van der Waals surface area contributed by atoms with E-state index >= 15 is 0 Å². The normalized spacial score (nSPS) is 12.2. The second-order valence-electron chi connectivity index (χ2n) is 5.10. The van der Waals surface area contributed by atoms with E-state index in [1.807, 2.05) is 13.8 Å². The molecule has 0 aromatic carbocycles. The molecule has 0 aliphatic heterocycles. The number of ether oxygens (including phenoxy) is 1. The molecular weight excluding hydrogens is 260 g/mol. The molecule has 0 fully saturated rings. The van der Waals surface area contributed by atoms with Crippen molar-refractivity contribution >= 4 is 12.3 Å². The number of nitrogens with zero attached hydrogens (tertiary/aromatic N) is 2. The van der Waals surface area contributed by atoms with Crippen LogP contribution in [0.5, 0.6) is 0 Å². The molecule has 6 nitrogen and oxygen atoms in total. The fourth-order valence-electron chi connectivity index (χ4n) is 1.98. The molecule has 1 unspecified atom stereocenters. The summed E-state index contributed by atoms with van der Waals surface area (Å²) in [5.74, 6) is -0.308. The van der Waals surface area contributed by atoms with E-state index in [-0.39, 0.29) is 17.9 Å². The standard InChI is InChI=1S/C14H20N2O4/c1-9(2)7-12(14(19)20-4)16-13(18)8-10(3)11(15-16)5-6-17/h6,8-9,12H,5,7H2,1-4H3. The van der Waals surface area contributed by atoms with Gasteiger partial charge in [-0.2, -0.15) is 5.10 Å². The van der Waals surface area contributed by atoms with Gasteiger partial charge in [0.25, 0.3) is 5.56 Å². The molecule has 0 spiro atoms. The van der Waals surface area contributed by atoms with E-state index in [0.29, 0.717) is 17.7 Å². The second kappa shape index (κ2) is 6.98. The molecule has 0 N–H and O–H groups in total. The van der Waals surface area contributed by atoms with E-state index < -0.39 is 12.0 Å². The first-order chi connectivity index (χ1) is 9.40. The van der Waals surface area contributed by atoms with Crippen LogP contribution >= 0.6 is 0 Å². The highest BCUT2D eigenvalue weighted by atomic mass is 16.5. The third-order valence-corrected chi connectivity index (χ3v) is 2.99. The van der Waals surface area contributed by atoms with Gasteiger partial charge in [-0.05, 0) is 24.8 Å². The van der Waals surface area contributed by atoms with Gasteiger partial charge in [-0.15, -0.1) is 0 Å². The third-order valence-electron chi connectivity index (χ3n) is 2.99. The largest absolute Gasteiger partial charge is 0.467 e. The van der Waals surface area contributed by atoms with Gasteiger partial charge in [-0.3, -0.25) is 4.79 Å². The summed E-state index contributed by atoms with van der Waals surface area (Å²) in [6.45, 7) is 5.61. The van der Waals surface area contributed by atoms with Gasteiger partial charge < -0.3 is 9.53 Å². The number of aldehydes is 1. The Hall–Kier alpha value is -1.98. The molecule has 0 saturated carbocycles. The summed E-state index contributed by atoms with van der Waals surface area (Å²) in [4.78, 5) is 34.5. The third kappa shape index (κ3) is 3.76. The lowest BCUT2D eigenvalue weighted by molar-refractivity contribution is -0.145. The van der Waals surface area contributed by atoms with Crippen molar-refractivity contribution in [2.24, 2.45) is 5.92 Å². The summed E-state index contributed by atoms with van der Waals surface area (Å²) in [5.41, 5.74) is 0.775. The Balaban J connectivity index is 3.31. The van der Waals surface area contributed by atoms with Crippen molar-refractivity contribution in [1.82, 2.24) is 9.78 Å². The van der Waals surface area contributed by atoms with Crippen LogP contribution in [-0.2, 0) is 20.7 Å². The zero-order valence-electron chi connectivity index (χ0n) is 12.3. The predicted molar refractivity (Wildman–Crippen MR) is 73.5 cm³/mol. The van der Waals surface area contributed by atoms with Crippen LogP contribution in [0.1, 0.15) is 37.6 Å². The Morgan fingerprint density at radius 3 is 2.65 bits per heavy atom. The number of aryl methyl sites for hydroxylation is 1. The Kier molecular flexibility index (Phi) is 5.61. The maximum Gasteiger partial charge on any atom is 0.330 e. The van der Waals surface area contributed by atoms with E-state index in [9.17, 15) is 14.4 Å². The lowest BCUT2D eigenvalue weighted by Crippen LogP contribution is -2.34. The van der Waals surface area contributed by atoms with Gasteiger partial charge in [0, 0.05) is 12.5 Å². The molecule has 0 saturated heterocycles. The topological polar surface area (TPSA) is 78.3 Å². The molecule has 6 heteroatoms. The van der Waals surface area contributed by atoms with Gasteiger partial charge in [0.2, 0.25) is 0 Å². The van der Waals surface area contributed by atoms with Crippen molar-refractivity contribution < 1.29 is 14.3 Å². The zero-order chi connectivity index (χ0) is 15.3. The first-order valence-electron chi connectivity index (χ1n) is 6.51. The number of hydrogen-bond acceptors (Lipinski definition) is 5. The minimum atomic E-state index is -0.765. The average Bonchev–Trinajstić information content (AvgIpc) is 2.38. The zero-order valence-corrected chi connectivity index (χ0v) is 12.3. The average molecular weight is 280 g/mol. The number of hydrogen-bond donors (Lipinski definition) is 0. The molecule has 1 aromatic rings. The number of rotatable bonds is 6. The number of aromatic nitrogens is 2. The van der Waals surface area contributed by atoms with Gasteiger partial charge in [0.15, 0.2) is 6.04 Å². The van der Waals surface area contributed by atoms with Crippen LogP contribution in [0.4, 0.5) is 0 Å². The number of methoxy groups -OCH3 is 1. The van der Waals surface area contributed by atoms with Crippen LogP contribution in [0.25, 0.3) is 0 Å². The molecule has 0 amide bonds. The minimum Gasteiger partial charge on any atom is -0.467 e. The van der Waals surface area contributed by atoms with Crippen LogP contribution in [0.2, 0.25) is 0 Å². The molecule has 1 aromatic heterocycles. The molecular formula is C14H20N2O4. The Morgan fingerprint density at radius 2 is 2.15 bits per heavy atom. The van der Waals surface area contributed by atoms with Gasteiger partial charge in [0.1, 0.15) is 6.29 Å². The summed E-state index contributed by atoms with van der Waals surface area (Å²) in [7, 11) is 1.28. The summed E-state index contributed by atoms with van der Waals surface area (Å²) in [6.07, 6.45) is 1.28. The minimum absolute atomic E-state index is 0.113. The molecule has 20 heavy (non-hydrogen) atoms. The Bertz CT molecular complexity index is 549. The smallest absolute Gasteiger partial charge is 0.330 e. The Morgan fingerprint density at radius 1 is 1.50 bits per heavy atom. The van der Waals surface area contributed by atoms with Gasteiger partial charge in [-0.25, -0.2) is 9.48 Å². The van der Waals surface area contributed by atoms with E-state index in [1.165, 1.54) is 13.2 Å². The predicted octanol–water partition coefficient (Wildman–Crippen LogP) is 1.05. The van der Waals surface area contributed by atoms with E-state index in [2.05, 4.69) is 5.10 Å². The number of esters is 1. The highest BCUT2D eigenvalue weighted by Gasteiger charge is 2.25. The molecule has 0 aliphatic rings. The fourth-order valence-corrected chi connectivity index (χ4v) is 1.98. The van der Waals surface area contributed by atoms with Crippen molar-refractivity contribution in [2.45, 2.75) is 39.7 Å². The Labute approximate surface area is 117 Å². The summed E-state index contributed by atoms with van der Waals surface area (Å²) < 4.78 is 5.87. The maximum absolute atomic E-state index is 12.0. The van der Waals surface area contributed by atoms with Crippen molar-refractivity contribution in [2.75, 3.05) is 7.11 Å².